The van der Waals surface area contributed by atoms with Crippen LogP contribution in [0.3, 0.4) is 0 Å². The number of aryl methyl sites for hydroxylation is 3. The number of piperazine rings is 3. The van der Waals surface area contributed by atoms with E-state index in [1.165, 1.54) is 63.3 Å². The molecule has 3 aliphatic heterocycles. The van der Waals surface area contributed by atoms with Gasteiger partial charge in [-0.1, -0.05) is 96.1 Å². The zero-order chi connectivity index (χ0) is 87.2. The van der Waals surface area contributed by atoms with Crippen LogP contribution in [0.5, 0.6) is 5.75 Å². The molecule has 3 saturated heterocycles. The van der Waals surface area contributed by atoms with Crippen LogP contribution in [0.15, 0.2) is 143 Å². The van der Waals surface area contributed by atoms with E-state index in [1.54, 1.807) is 63.6 Å². The molecule has 25 nitrogen and oxygen atoms in total. The van der Waals surface area contributed by atoms with Gasteiger partial charge in [0.15, 0.2) is 17.1 Å². The second kappa shape index (κ2) is 35.7. The normalized spacial score (nSPS) is 18.0. The molecule has 6 atom stereocenters. The third-order valence-corrected chi connectivity index (χ3v) is 23.1. The minimum Gasteiger partial charge on any atom is -0.497 e. The Morgan fingerprint density at radius 3 is 1.26 bits per heavy atom. The largest absolute Gasteiger partial charge is 0.497 e. The molecular weight excluding hydrogens is 1600 g/mol. The molecule has 120 heavy (non-hydrogen) atoms. The van der Waals surface area contributed by atoms with Gasteiger partial charge in [-0.05, 0) is 188 Å². The van der Waals surface area contributed by atoms with Crippen LogP contribution in [0.1, 0.15) is 146 Å². The fourth-order valence-electron chi connectivity index (χ4n) is 16.1. The zero-order valence-electron chi connectivity index (χ0n) is 69.8. The summed E-state index contributed by atoms with van der Waals surface area (Å²) in [5, 5.41) is 1.21. The van der Waals surface area contributed by atoms with E-state index in [0.717, 1.165) is 28.5 Å². The summed E-state index contributed by atoms with van der Waals surface area (Å²) in [4.78, 5) is 139. The van der Waals surface area contributed by atoms with Crippen LogP contribution < -0.4 is 36.5 Å². The van der Waals surface area contributed by atoms with Gasteiger partial charge in [-0.15, -0.1) is 0 Å². The predicted molar refractivity (Wildman–Crippen MR) is 464 cm³/mol. The summed E-state index contributed by atoms with van der Waals surface area (Å²) in [5.41, 5.74) is 5.87. The Morgan fingerprint density at radius 2 is 0.858 bits per heavy atom. The summed E-state index contributed by atoms with van der Waals surface area (Å²) in [6.45, 7) is 42.3. The third kappa shape index (κ3) is 16.9. The van der Waals surface area contributed by atoms with E-state index in [2.05, 4.69) is 54.6 Å². The summed E-state index contributed by atoms with van der Waals surface area (Å²) < 4.78 is 56.6. The summed E-state index contributed by atoms with van der Waals surface area (Å²) in [6.07, 6.45) is 10.6. The van der Waals surface area contributed by atoms with Crippen molar-refractivity contribution in [3.8, 4) is 45.3 Å². The Bertz CT molecular complexity index is 6050. The molecule has 0 radical (unpaired) electrons. The van der Waals surface area contributed by atoms with Gasteiger partial charge < -0.3 is 34.1 Å². The second-order valence-electron chi connectivity index (χ2n) is 31.6. The average Bonchev–Trinajstić information content (AvgIpc) is 0.748. The number of aromatic nitrogens is 11. The van der Waals surface area contributed by atoms with Crippen LogP contribution in [-0.2, 0) is 25.6 Å². The molecule has 4 aliphatic rings. The van der Waals surface area contributed by atoms with Crippen LogP contribution in [0.25, 0.3) is 67.7 Å². The molecule has 0 saturated carbocycles. The van der Waals surface area contributed by atoms with Crippen molar-refractivity contribution in [2.45, 2.75) is 164 Å². The summed E-state index contributed by atoms with van der Waals surface area (Å²) in [5.74, 6) is -1.45. The van der Waals surface area contributed by atoms with Crippen molar-refractivity contribution < 1.29 is 37.1 Å². The number of anilines is 3. The molecule has 2 aromatic carbocycles. The van der Waals surface area contributed by atoms with Crippen molar-refractivity contribution in [3.63, 3.8) is 0 Å². The van der Waals surface area contributed by atoms with Crippen molar-refractivity contribution in [2.24, 2.45) is 0 Å². The number of nitrogens with zero attached hydrogens (tertiary/aromatic N) is 17. The van der Waals surface area contributed by atoms with Crippen molar-refractivity contribution >= 4 is 104 Å². The average molecular weight is 1690 g/mol. The molecule has 6 unspecified atom stereocenters. The number of hydrogen-bond donors (Lipinski definition) is 0. The summed E-state index contributed by atoms with van der Waals surface area (Å²) in [7, 11) is 1.51. The Morgan fingerprint density at radius 1 is 0.475 bits per heavy atom. The number of fused-ring (bicyclic) bond motifs is 3. The molecular formula is C89H95Cl3F3N17O8. The number of pyridine rings is 5. The molecule has 31 heteroatoms. The molecule has 10 aromatic rings. The fraction of sp³-hybridized carbons (Fsp3) is 0.360. The van der Waals surface area contributed by atoms with Crippen LogP contribution >= 0.6 is 34.8 Å². The van der Waals surface area contributed by atoms with Crippen LogP contribution in [-0.4, -0.2) is 174 Å². The maximum absolute atomic E-state index is 16.1. The molecule has 3 fully saturated rings. The lowest BCUT2D eigenvalue weighted by Gasteiger charge is -2.45. The van der Waals surface area contributed by atoms with Crippen LogP contribution in [0.2, 0.25) is 10.0 Å². The Hall–Kier alpha value is -11.8. The first-order valence-electron chi connectivity index (χ1n) is 39.5. The number of carbonyl (C=O) groups excluding carboxylic acids is 4. The van der Waals surface area contributed by atoms with E-state index in [9.17, 15) is 38.0 Å². The number of amides is 3. The maximum Gasteiger partial charge on any atom is 0.355 e. The topological polar surface area (TPSA) is 266 Å². The highest BCUT2D eigenvalue weighted by atomic mass is 35.5. The summed E-state index contributed by atoms with van der Waals surface area (Å²) >= 11 is 19.0. The van der Waals surface area contributed by atoms with Gasteiger partial charge in [0, 0.05) is 122 Å². The van der Waals surface area contributed by atoms with Gasteiger partial charge in [-0.2, -0.15) is 15.0 Å². The van der Waals surface area contributed by atoms with Crippen LogP contribution in [0.4, 0.5) is 30.6 Å². The van der Waals surface area contributed by atoms with Crippen molar-refractivity contribution in [1.29, 1.82) is 0 Å². The Kier molecular flexibility index (Phi) is 26.0. The van der Waals surface area contributed by atoms with Gasteiger partial charge >= 0.3 is 17.1 Å². The SMILES string of the molecule is C=CC(=O)N1CC(C)N(c2nc(=O)n(-c3c(C)ccnc3C(C)C)c3c2C=C(Cl)C(=O)C3)CC1C.C=CC(=O)N1CC(C)N(c2nc(=O)n(-c3c(C)ccnc3C(C)C)c3nc(-c4cc(Cl)ccc4F)c(F)cc23)CC1C.C=CC(=O)N1CC(C)N(c2nc(=O)n(-c3c(C)ccnc3C(C)C)c3nc(-c4cc(OC)ccc4Cl)c(F)cc23)CC1C. The molecule has 0 bridgehead atoms. The number of ketones is 1. The minimum absolute atomic E-state index is 0.0137. The summed E-state index contributed by atoms with van der Waals surface area (Å²) in [6, 6.07) is 15.6. The highest BCUT2D eigenvalue weighted by Gasteiger charge is 2.40. The zero-order valence-corrected chi connectivity index (χ0v) is 72.1. The monoisotopic (exact) mass is 1690 g/mol. The number of rotatable bonds is 15. The lowest BCUT2D eigenvalue weighted by Crippen LogP contribution is -2.58. The number of carbonyl (C=O) groups is 4. The van der Waals surface area contributed by atoms with Crippen molar-refractivity contribution in [1.82, 2.24) is 68.3 Å². The number of Topliss-reactive ketones (excluding diaryl/α,β-unsaturated/α-hetero) is 1. The smallest absolute Gasteiger partial charge is 0.355 e. The number of allylic oxidation sites excluding steroid dienone is 1. The van der Waals surface area contributed by atoms with Gasteiger partial charge in [0.25, 0.3) is 0 Å². The van der Waals surface area contributed by atoms with Gasteiger partial charge in [0.05, 0.1) is 68.5 Å². The maximum atomic E-state index is 16.1. The number of ether oxygens (including phenoxy) is 1. The van der Waals surface area contributed by atoms with E-state index >= 15 is 8.78 Å². The standard InChI is InChI=1S/C32H34ClFN6O3.C31H31ClF2N6O2.C26H30ClN5O3/c1-8-26(41)38-15-20(6)39(16-19(38)5)30-23-14-25(34)28(22-13-21(43-7)9-10-24(22)33)36-31(23)40(32(42)37-30)29-18(4)11-12-35-27(29)17(2)3;1-7-25(41)38-14-19(6)39(15-18(38)5)29-22-13-24(34)27(21-12-20(32)8-9-23(21)33)36-30(22)40(31(42)37-29)28-17(4)10-11-35-26(28)16(2)3;1-7-22(34)30-12-17(6)31(13-16(30)5)25-18-10-19(27)21(33)11-20(18)32(26(35)29-25)24-15(4)8-9-28-23(24)14(2)3/h8-14,17,19-20H,1,15-16H2,2-7H3;7-13,16,18-19H,1,14-15H2,2-6H3;7-10,14,16-17H,1,11-13H2,2-6H3. The number of benzene rings is 2. The number of hydrogen-bond acceptors (Lipinski definition) is 19. The van der Waals surface area contributed by atoms with Crippen LogP contribution in [0, 0.1) is 38.2 Å². The quantitative estimate of drug-likeness (QED) is 0.0863. The molecule has 8 aromatic heterocycles. The van der Waals surface area contributed by atoms with Gasteiger partial charge in [-0.3, -0.25) is 38.7 Å². The number of methoxy groups -OCH3 is 1. The predicted octanol–water partition coefficient (Wildman–Crippen LogP) is 14.9. The van der Waals surface area contributed by atoms with Crippen molar-refractivity contribution in [3.05, 3.63) is 232 Å². The number of halogens is 6. The molecule has 626 valence electrons. The molecule has 3 amide bonds. The van der Waals surface area contributed by atoms with Gasteiger partial charge in [-0.25, -0.2) is 46.7 Å². The first-order chi connectivity index (χ1) is 56.9. The Balaban J connectivity index is 0.000000166. The molecule has 0 N–H and O–H groups in total. The lowest BCUT2D eigenvalue weighted by molar-refractivity contribution is -0.129. The lowest BCUT2D eigenvalue weighted by atomic mass is 9.98. The van der Waals surface area contributed by atoms with E-state index in [1.807, 2.05) is 131 Å². The van der Waals surface area contributed by atoms with E-state index in [0.29, 0.717) is 107 Å². The van der Waals surface area contributed by atoms with Gasteiger partial charge in [0.2, 0.25) is 17.7 Å². The first-order valence-corrected chi connectivity index (χ1v) is 40.7. The van der Waals surface area contributed by atoms with E-state index in [-0.39, 0.29) is 138 Å². The Labute approximate surface area is 708 Å². The minimum atomic E-state index is -0.801. The highest BCUT2D eigenvalue weighted by Crippen LogP contribution is 2.41. The van der Waals surface area contributed by atoms with Crippen molar-refractivity contribution in [2.75, 3.05) is 61.1 Å². The van der Waals surface area contributed by atoms with Gasteiger partial charge in [0.1, 0.15) is 52.0 Å². The first kappa shape index (κ1) is 87.6. The molecule has 11 heterocycles. The highest BCUT2D eigenvalue weighted by molar-refractivity contribution is 6.45. The molecule has 0 spiro atoms. The van der Waals surface area contributed by atoms with E-state index in [4.69, 9.17) is 44.5 Å². The molecule has 14 rings (SSSR count). The molecule has 1 aliphatic carbocycles. The second-order valence-corrected chi connectivity index (χ2v) is 32.9. The third-order valence-electron chi connectivity index (χ3n) is 22.2. The fourth-order valence-corrected chi connectivity index (χ4v) is 16.7. The van der Waals surface area contributed by atoms with E-state index < -0.39 is 34.5 Å².